The number of hydroxylamine groups is 2. The van der Waals surface area contributed by atoms with E-state index in [1.165, 1.54) is 153 Å². The molecule has 6 heteroatoms. The lowest BCUT2D eigenvalue weighted by Crippen LogP contribution is -2.51. The minimum absolute atomic E-state index is 0.131. The predicted octanol–water partition coefficient (Wildman–Crippen LogP) is 12.2. The van der Waals surface area contributed by atoms with Gasteiger partial charge in [0.15, 0.2) is 0 Å². The van der Waals surface area contributed by atoms with Gasteiger partial charge in [0.05, 0.1) is 0 Å². The number of hydrogen-bond acceptors (Lipinski definition) is 4. The molecule has 0 aliphatic carbocycles. The second-order valence-corrected chi connectivity index (χ2v) is 13.9. The standard InChI is InChI=1S/C41H73NO5/c1-3-5-7-9-11-13-15-17-19-21-23-25-27-32-36-42(47-41(39(43)44,40(45)46)38-34-30-29-31-35-38)37-33-28-26-24-22-20-18-16-14-12-10-8-6-4-2/h29-31,34-35H,3-28,32-33,36-37H2,1-2H3,(H,43,44)(H,45,46). The van der Waals surface area contributed by atoms with Gasteiger partial charge in [-0.2, -0.15) is 5.06 Å². The van der Waals surface area contributed by atoms with E-state index in [0.29, 0.717) is 13.1 Å². The summed E-state index contributed by atoms with van der Waals surface area (Å²) in [5, 5.41) is 21.9. The van der Waals surface area contributed by atoms with Gasteiger partial charge in [-0.25, -0.2) is 9.59 Å². The number of carboxylic acid groups (broad SMARTS) is 2. The number of hydrogen-bond donors (Lipinski definition) is 2. The van der Waals surface area contributed by atoms with Crippen LogP contribution in [0.1, 0.15) is 199 Å². The Morgan fingerprint density at radius 2 is 0.766 bits per heavy atom. The maximum Gasteiger partial charge on any atom is 0.354 e. The third-order valence-electron chi connectivity index (χ3n) is 9.57. The first-order valence-corrected chi connectivity index (χ1v) is 19.9. The summed E-state index contributed by atoms with van der Waals surface area (Å²) in [4.78, 5) is 30.9. The second kappa shape index (κ2) is 30.2. The van der Waals surface area contributed by atoms with Gasteiger partial charge in [-0.1, -0.05) is 211 Å². The predicted molar refractivity (Wildman–Crippen MR) is 197 cm³/mol. The fourth-order valence-electron chi connectivity index (χ4n) is 6.50. The fourth-order valence-corrected chi connectivity index (χ4v) is 6.50. The summed E-state index contributed by atoms with van der Waals surface area (Å²) in [7, 11) is 0. The van der Waals surface area contributed by atoms with E-state index in [-0.39, 0.29) is 5.56 Å². The molecular formula is C41H73NO5. The molecule has 0 radical (unpaired) electrons. The third-order valence-corrected chi connectivity index (χ3v) is 9.57. The molecule has 1 rings (SSSR count). The van der Waals surface area contributed by atoms with Crippen molar-refractivity contribution < 1.29 is 24.6 Å². The molecule has 0 saturated heterocycles. The number of nitrogens with zero attached hydrogens (tertiary/aromatic N) is 1. The van der Waals surface area contributed by atoms with Crippen molar-refractivity contribution >= 4 is 11.9 Å². The second-order valence-electron chi connectivity index (χ2n) is 13.9. The first-order chi connectivity index (χ1) is 23.0. The lowest BCUT2D eigenvalue weighted by molar-refractivity contribution is -0.257. The average molecular weight is 660 g/mol. The molecule has 0 spiro atoms. The Bertz CT molecular complexity index is 815. The summed E-state index contributed by atoms with van der Waals surface area (Å²) in [5.74, 6) is -2.99. The van der Waals surface area contributed by atoms with Gasteiger partial charge in [-0.3, -0.25) is 4.84 Å². The Morgan fingerprint density at radius 3 is 1.04 bits per heavy atom. The number of aliphatic carboxylic acids is 2. The van der Waals surface area contributed by atoms with Crippen LogP contribution in [0, 0.1) is 0 Å². The van der Waals surface area contributed by atoms with Crippen molar-refractivity contribution in [3.8, 4) is 0 Å². The molecule has 6 nitrogen and oxygen atoms in total. The SMILES string of the molecule is CCCCCCCCCCCCCCCCN(CCCCCCCCCCCCCCCC)OC(C(=O)O)(C(=O)O)c1ccccc1. The van der Waals surface area contributed by atoms with E-state index in [9.17, 15) is 19.8 Å². The Kier molecular flexibility index (Phi) is 27.7. The number of rotatable bonds is 35. The molecule has 0 aliphatic heterocycles. The quantitative estimate of drug-likeness (QED) is 0.0428. The van der Waals surface area contributed by atoms with Gasteiger partial charge < -0.3 is 10.2 Å². The van der Waals surface area contributed by atoms with E-state index >= 15 is 0 Å². The highest BCUT2D eigenvalue weighted by atomic mass is 16.7. The van der Waals surface area contributed by atoms with Gasteiger partial charge in [-0.05, 0) is 12.8 Å². The van der Waals surface area contributed by atoms with Gasteiger partial charge in [0.25, 0.3) is 0 Å². The molecule has 0 fully saturated rings. The van der Waals surface area contributed by atoms with Crippen LogP contribution in [-0.4, -0.2) is 40.3 Å². The number of benzene rings is 1. The molecule has 1 aromatic carbocycles. The maximum absolute atomic E-state index is 12.5. The summed E-state index contributed by atoms with van der Waals surface area (Å²) in [5.41, 5.74) is -2.32. The van der Waals surface area contributed by atoms with Crippen molar-refractivity contribution in [2.75, 3.05) is 13.1 Å². The van der Waals surface area contributed by atoms with Crippen LogP contribution in [0.5, 0.6) is 0 Å². The highest BCUT2D eigenvalue weighted by Crippen LogP contribution is 2.29. The third kappa shape index (κ3) is 20.9. The monoisotopic (exact) mass is 660 g/mol. The van der Waals surface area contributed by atoms with Crippen molar-refractivity contribution in [1.82, 2.24) is 5.06 Å². The first-order valence-electron chi connectivity index (χ1n) is 19.9. The van der Waals surface area contributed by atoms with Gasteiger partial charge in [0.2, 0.25) is 0 Å². The van der Waals surface area contributed by atoms with Crippen molar-refractivity contribution in [2.24, 2.45) is 0 Å². The number of carboxylic acids is 2. The average Bonchev–Trinajstić information content (AvgIpc) is 3.07. The molecule has 0 heterocycles. The van der Waals surface area contributed by atoms with E-state index in [2.05, 4.69) is 13.8 Å². The zero-order valence-corrected chi connectivity index (χ0v) is 30.7. The van der Waals surface area contributed by atoms with Crippen molar-refractivity contribution in [3.63, 3.8) is 0 Å². The Balaban J connectivity index is 2.44. The first kappa shape index (κ1) is 43.1. The minimum atomic E-state index is -2.45. The Labute approximate surface area is 289 Å². The smallest absolute Gasteiger partial charge is 0.354 e. The van der Waals surface area contributed by atoms with Crippen LogP contribution in [0.4, 0.5) is 0 Å². The minimum Gasteiger partial charge on any atom is -0.478 e. The zero-order chi connectivity index (χ0) is 34.3. The molecule has 272 valence electrons. The number of carbonyl (C=O) groups is 2. The number of unbranched alkanes of at least 4 members (excludes halogenated alkanes) is 26. The zero-order valence-electron chi connectivity index (χ0n) is 30.7. The van der Waals surface area contributed by atoms with Crippen LogP contribution in [0.25, 0.3) is 0 Å². The summed E-state index contributed by atoms with van der Waals surface area (Å²) in [6.45, 7) is 5.60. The van der Waals surface area contributed by atoms with E-state index < -0.39 is 17.5 Å². The van der Waals surface area contributed by atoms with Crippen molar-refractivity contribution in [2.45, 2.75) is 199 Å². The van der Waals surface area contributed by atoms with Gasteiger partial charge in [-0.15, -0.1) is 0 Å². The molecule has 0 aromatic heterocycles. The highest BCUT2D eigenvalue weighted by Gasteiger charge is 2.52. The Hall–Kier alpha value is -1.92. The van der Waals surface area contributed by atoms with Gasteiger partial charge >= 0.3 is 17.5 Å². The summed E-state index contributed by atoms with van der Waals surface area (Å²) >= 11 is 0. The van der Waals surface area contributed by atoms with Crippen molar-refractivity contribution in [1.29, 1.82) is 0 Å². The summed E-state index contributed by atoms with van der Waals surface area (Å²) < 4.78 is 0. The van der Waals surface area contributed by atoms with Crippen LogP contribution in [0.3, 0.4) is 0 Å². The maximum atomic E-state index is 12.5. The molecule has 1 aromatic rings. The fraction of sp³-hybridized carbons (Fsp3) is 0.805. The normalized spacial score (nSPS) is 11.8. The van der Waals surface area contributed by atoms with Crippen LogP contribution in [0.2, 0.25) is 0 Å². The van der Waals surface area contributed by atoms with E-state index in [1.54, 1.807) is 23.3 Å². The molecular weight excluding hydrogens is 586 g/mol. The summed E-state index contributed by atoms with van der Waals surface area (Å²) in [6.07, 6.45) is 35.5. The summed E-state index contributed by atoms with van der Waals surface area (Å²) in [6, 6.07) is 8.12. The van der Waals surface area contributed by atoms with Crippen LogP contribution >= 0.6 is 0 Å². The molecule has 0 unspecified atom stereocenters. The molecule has 0 bridgehead atoms. The van der Waals surface area contributed by atoms with Crippen molar-refractivity contribution in [3.05, 3.63) is 35.9 Å². The molecule has 0 aliphatic rings. The molecule has 0 amide bonds. The van der Waals surface area contributed by atoms with Crippen LogP contribution in [0.15, 0.2) is 30.3 Å². The van der Waals surface area contributed by atoms with Crippen LogP contribution in [-0.2, 0) is 20.0 Å². The highest BCUT2D eigenvalue weighted by molar-refractivity contribution is 6.02. The van der Waals surface area contributed by atoms with Gasteiger partial charge in [0, 0.05) is 18.7 Å². The molecule has 47 heavy (non-hydrogen) atoms. The Morgan fingerprint density at radius 1 is 0.489 bits per heavy atom. The van der Waals surface area contributed by atoms with Gasteiger partial charge in [0.1, 0.15) is 0 Å². The lowest BCUT2D eigenvalue weighted by Gasteiger charge is -2.32. The van der Waals surface area contributed by atoms with Crippen LogP contribution < -0.4 is 0 Å². The van der Waals surface area contributed by atoms with E-state index in [1.807, 2.05) is 0 Å². The largest absolute Gasteiger partial charge is 0.478 e. The van der Waals surface area contributed by atoms with E-state index in [4.69, 9.17) is 4.84 Å². The van der Waals surface area contributed by atoms with E-state index in [0.717, 1.165) is 38.5 Å². The lowest BCUT2D eigenvalue weighted by atomic mass is 9.94. The molecule has 0 saturated carbocycles. The molecule has 0 atom stereocenters. The molecule has 2 N–H and O–H groups in total. The topological polar surface area (TPSA) is 87.1 Å².